The number of rotatable bonds is 3. The zero-order valence-corrected chi connectivity index (χ0v) is 12.2. The highest BCUT2D eigenvalue weighted by Crippen LogP contribution is 2.28. The van der Waals surface area contributed by atoms with Gasteiger partial charge in [0.25, 0.3) is 15.2 Å². The van der Waals surface area contributed by atoms with Crippen LogP contribution in [-0.2, 0) is 10.0 Å². The van der Waals surface area contributed by atoms with Crippen molar-refractivity contribution in [1.29, 1.82) is 0 Å². The third-order valence-electron chi connectivity index (χ3n) is 3.02. The summed E-state index contributed by atoms with van der Waals surface area (Å²) < 4.78 is 23.0. The number of nitrogens with zero attached hydrogens (tertiary/aromatic N) is 3. The number of primary sulfonamides is 1. The van der Waals surface area contributed by atoms with Crippen molar-refractivity contribution >= 4 is 10.0 Å². The molecule has 0 saturated carbocycles. The van der Waals surface area contributed by atoms with Crippen molar-refractivity contribution in [1.82, 2.24) is 15.2 Å². The molecule has 3 aromatic rings. The van der Waals surface area contributed by atoms with E-state index < -0.39 is 15.2 Å². The Balaban J connectivity index is 2.27. The van der Waals surface area contributed by atoms with E-state index in [-0.39, 0.29) is 0 Å². The molecule has 1 aromatic heterocycles. The standard InChI is InChI=1S/C15H12N4O2S/c16-22(20,21)15-17-13(11-7-3-1-4-8-11)14(18-19-15)12-9-5-2-6-10-12/h1-10H,(H2,16,20,21). The van der Waals surface area contributed by atoms with E-state index in [2.05, 4.69) is 15.2 Å². The monoisotopic (exact) mass is 312 g/mol. The molecule has 6 nitrogen and oxygen atoms in total. The van der Waals surface area contributed by atoms with Crippen molar-refractivity contribution in [3.63, 3.8) is 0 Å². The Bertz CT molecular complexity index is 897. The molecule has 2 N–H and O–H groups in total. The van der Waals surface area contributed by atoms with Gasteiger partial charge in [0.15, 0.2) is 0 Å². The minimum absolute atomic E-state index is 0.422. The van der Waals surface area contributed by atoms with Gasteiger partial charge in [0.05, 0.1) is 0 Å². The zero-order chi connectivity index (χ0) is 15.6. The lowest BCUT2D eigenvalue weighted by molar-refractivity contribution is 0.585. The van der Waals surface area contributed by atoms with Gasteiger partial charge in [-0.2, -0.15) is 0 Å². The number of benzene rings is 2. The summed E-state index contributed by atoms with van der Waals surface area (Å²) in [5, 5.41) is 12.3. The highest BCUT2D eigenvalue weighted by atomic mass is 32.2. The number of hydrogen-bond acceptors (Lipinski definition) is 5. The van der Waals surface area contributed by atoms with Crippen molar-refractivity contribution in [3.05, 3.63) is 60.7 Å². The molecule has 3 rings (SSSR count). The quantitative estimate of drug-likeness (QED) is 0.795. The number of sulfonamides is 1. The van der Waals surface area contributed by atoms with Crippen LogP contribution < -0.4 is 5.14 Å². The maximum atomic E-state index is 11.5. The summed E-state index contributed by atoms with van der Waals surface area (Å²) in [6.07, 6.45) is 0. The summed E-state index contributed by atoms with van der Waals surface area (Å²) >= 11 is 0. The van der Waals surface area contributed by atoms with Gasteiger partial charge in [-0.15, -0.1) is 10.2 Å². The molecular weight excluding hydrogens is 300 g/mol. The molecule has 1 heterocycles. The molecule has 2 aromatic carbocycles. The number of aromatic nitrogens is 3. The zero-order valence-electron chi connectivity index (χ0n) is 11.4. The first-order valence-electron chi connectivity index (χ1n) is 6.44. The summed E-state index contributed by atoms with van der Waals surface area (Å²) in [5.74, 6) is 0. The van der Waals surface area contributed by atoms with Gasteiger partial charge in [0.1, 0.15) is 11.4 Å². The van der Waals surface area contributed by atoms with Crippen LogP contribution in [0.3, 0.4) is 0 Å². The van der Waals surface area contributed by atoms with Crippen LogP contribution in [0.2, 0.25) is 0 Å². The van der Waals surface area contributed by atoms with Crippen LogP contribution in [0.15, 0.2) is 65.8 Å². The van der Waals surface area contributed by atoms with Gasteiger partial charge in [-0.1, -0.05) is 60.7 Å². The second kappa shape index (κ2) is 5.63. The number of hydrogen-bond donors (Lipinski definition) is 1. The average molecular weight is 312 g/mol. The minimum atomic E-state index is -4.02. The molecule has 0 radical (unpaired) electrons. The molecule has 0 aliphatic heterocycles. The molecule has 0 unspecified atom stereocenters. The van der Waals surface area contributed by atoms with Gasteiger partial charge in [0.2, 0.25) is 0 Å². The molecule has 0 atom stereocenters. The van der Waals surface area contributed by atoms with E-state index in [0.717, 1.165) is 11.1 Å². The molecule has 0 fully saturated rings. The predicted molar refractivity (Wildman–Crippen MR) is 82.1 cm³/mol. The van der Waals surface area contributed by atoms with E-state index in [0.29, 0.717) is 11.4 Å². The van der Waals surface area contributed by atoms with Crippen molar-refractivity contribution < 1.29 is 8.42 Å². The fraction of sp³-hybridized carbons (Fsp3) is 0. The first-order chi connectivity index (χ1) is 10.6. The molecule has 0 amide bonds. The second-order valence-electron chi connectivity index (χ2n) is 4.57. The first-order valence-corrected chi connectivity index (χ1v) is 7.99. The molecule has 22 heavy (non-hydrogen) atoms. The summed E-state index contributed by atoms with van der Waals surface area (Å²) in [5.41, 5.74) is 2.45. The van der Waals surface area contributed by atoms with E-state index >= 15 is 0 Å². The molecule has 0 bridgehead atoms. The third-order valence-corrected chi connectivity index (χ3v) is 3.70. The van der Waals surface area contributed by atoms with E-state index in [1.165, 1.54) is 0 Å². The van der Waals surface area contributed by atoms with Crippen LogP contribution in [0.25, 0.3) is 22.5 Å². The molecular formula is C15H12N4O2S. The van der Waals surface area contributed by atoms with E-state index in [9.17, 15) is 8.42 Å². The van der Waals surface area contributed by atoms with Crippen molar-refractivity contribution in [3.8, 4) is 22.5 Å². The van der Waals surface area contributed by atoms with Gasteiger partial charge in [-0.05, 0) is 0 Å². The summed E-state index contributed by atoms with van der Waals surface area (Å²) in [6, 6.07) is 18.5. The van der Waals surface area contributed by atoms with Gasteiger partial charge in [0, 0.05) is 11.1 Å². The smallest absolute Gasteiger partial charge is 0.222 e. The van der Waals surface area contributed by atoms with Gasteiger partial charge >= 0.3 is 0 Å². The van der Waals surface area contributed by atoms with Crippen LogP contribution in [0.1, 0.15) is 0 Å². The lowest BCUT2D eigenvalue weighted by atomic mass is 10.0. The molecule has 110 valence electrons. The van der Waals surface area contributed by atoms with Gasteiger partial charge < -0.3 is 0 Å². The van der Waals surface area contributed by atoms with Crippen molar-refractivity contribution in [2.24, 2.45) is 5.14 Å². The largest absolute Gasteiger partial charge is 0.283 e. The van der Waals surface area contributed by atoms with Gasteiger partial charge in [-0.3, -0.25) is 0 Å². The van der Waals surface area contributed by atoms with E-state index in [1.54, 1.807) is 0 Å². The summed E-state index contributed by atoms with van der Waals surface area (Å²) in [4.78, 5) is 4.10. The maximum Gasteiger partial charge on any atom is 0.283 e. The van der Waals surface area contributed by atoms with Gasteiger partial charge in [-0.25, -0.2) is 18.5 Å². The fourth-order valence-electron chi connectivity index (χ4n) is 2.02. The summed E-state index contributed by atoms with van der Waals surface area (Å²) in [6.45, 7) is 0. The van der Waals surface area contributed by atoms with Crippen molar-refractivity contribution in [2.75, 3.05) is 0 Å². The van der Waals surface area contributed by atoms with Crippen LogP contribution >= 0.6 is 0 Å². The first kappa shape index (κ1) is 14.3. The fourth-order valence-corrected chi connectivity index (χ4v) is 2.39. The molecule has 0 saturated heterocycles. The molecule has 0 spiro atoms. The van der Waals surface area contributed by atoms with E-state index in [1.807, 2.05) is 60.7 Å². The van der Waals surface area contributed by atoms with Crippen molar-refractivity contribution in [2.45, 2.75) is 5.16 Å². The number of nitrogens with two attached hydrogens (primary N) is 1. The Hall–Kier alpha value is -2.64. The summed E-state index contributed by atoms with van der Waals surface area (Å²) in [7, 11) is -4.02. The molecule has 0 aliphatic carbocycles. The highest BCUT2D eigenvalue weighted by Gasteiger charge is 2.18. The van der Waals surface area contributed by atoms with Crippen LogP contribution in [0.5, 0.6) is 0 Å². The van der Waals surface area contributed by atoms with Crippen LogP contribution in [-0.4, -0.2) is 23.6 Å². The SMILES string of the molecule is NS(=O)(=O)c1nnc(-c2ccccc2)c(-c2ccccc2)n1. The lowest BCUT2D eigenvalue weighted by Gasteiger charge is -2.08. The normalized spacial score (nSPS) is 11.3. The van der Waals surface area contributed by atoms with Crippen LogP contribution in [0.4, 0.5) is 0 Å². The Kier molecular flexibility index (Phi) is 3.66. The highest BCUT2D eigenvalue weighted by molar-refractivity contribution is 7.89. The Morgan fingerprint density at radius 2 is 1.23 bits per heavy atom. The average Bonchev–Trinajstić information content (AvgIpc) is 2.55. The topological polar surface area (TPSA) is 98.8 Å². The minimum Gasteiger partial charge on any atom is -0.222 e. The predicted octanol–water partition coefficient (Wildman–Crippen LogP) is 1.85. The molecule has 0 aliphatic rings. The molecule has 7 heteroatoms. The van der Waals surface area contributed by atoms with Crippen LogP contribution in [0, 0.1) is 0 Å². The lowest BCUT2D eigenvalue weighted by Crippen LogP contribution is -2.17. The Morgan fingerprint density at radius 1 is 0.727 bits per heavy atom. The Morgan fingerprint density at radius 3 is 1.73 bits per heavy atom. The Labute approximate surface area is 127 Å². The van der Waals surface area contributed by atoms with E-state index in [4.69, 9.17) is 5.14 Å². The maximum absolute atomic E-state index is 11.5. The second-order valence-corrected chi connectivity index (χ2v) is 6.02. The third kappa shape index (κ3) is 2.85.